The molecule has 0 spiro atoms. The van der Waals surface area contributed by atoms with Gasteiger partial charge in [0.1, 0.15) is 11.5 Å². The first-order valence-corrected chi connectivity index (χ1v) is 12.8. The maximum absolute atomic E-state index is 13.9. The Bertz CT molecular complexity index is 1650. The number of rotatable bonds is 4. The van der Waals surface area contributed by atoms with E-state index in [1.54, 1.807) is 19.1 Å². The van der Waals surface area contributed by atoms with Gasteiger partial charge in [0.05, 0.1) is 29.6 Å². The van der Waals surface area contributed by atoms with Gasteiger partial charge in [0, 0.05) is 40.3 Å². The maximum Gasteiger partial charge on any atom is 0.271 e. The largest absolute Gasteiger partial charge is 0.507 e. The molecule has 2 aromatic rings. The van der Waals surface area contributed by atoms with Gasteiger partial charge in [-0.1, -0.05) is 23.8 Å². The van der Waals surface area contributed by atoms with E-state index in [1.165, 1.54) is 43.5 Å². The number of carbonyl (C=O) groups excluding carboxylic acids is 4. The summed E-state index contributed by atoms with van der Waals surface area (Å²) in [6.45, 7) is 1.56. The number of phenolic OH excluding ortho intramolecular Hbond substituents is 1. The van der Waals surface area contributed by atoms with E-state index in [1.807, 2.05) is 6.08 Å². The Balaban J connectivity index is 1.51. The maximum atomic E-state index is 13.9. The fourth-order valence-electron chi connectivity index (χ4n) is 6.71. The highest BCUT2D eigenvalue weighted by Crippen LogP contribution is 2.57. The van der Waals surface area contributed by atoms with Crippen molar-refractivity contribution in [1.82, 2.24) is 0 Å². The van der Waals surface area contributed by atoms with Crippen LogP contribution in [-0.4, -0.2) is 40.5 Å². The summed E-state index contributed by atoms with van der Waals surface area (Å²) in [6.07, 6.45) is 3.39. The Morgan fingerprint density at radius 2 is 1.80 bits per heavy atom. The summed E-state index contributed by atoms with van der Waals surface area (Å²) in [5, 5.41) is 22.3. The number of Topliss-reactive ketones (excluding diaryl/α,β-unsaturated/α-hetero) is 1. The summed E-state index contributed by atoms with van der Waals surface area (Å²) in [5.74, 6) is -4.52. The van der Waals surface area contributed by atoms with Crippen LogP contribution in [-0.2, 0) is 19.2 Å². The van der Waals surface area contributed by atoms with Crippen LogP contribution in [0.2, 0.25) is 0 Å². The standard InChI is InChI=1S/C30H24N2O8/c1-14-11-22(34)25-20(28(14)35)13-19-17(26(25)27-21(33)7-4-8-23(27)40-2)9-10-18-24(19)30(37)31(29(18)36)15-5-3-6-16(12-15)32(38)39/h3-9,11-12,18-19,24,26,33H,10,13H2,1-2H3. The molecule has 1 N–H and O–H groups in total. The number of fused-ring (bicyclic) bond motifs is 3. The highest BCUT2D eigenvalue weighted by Gasteiger charge is 2.57. The zero-order valence-corrected chi connectivity index (χ0v) is 21.6. The lowest BCUT2D eigenvalue weighted by Crippen LogP contribution is -2.40. The number of allylic oxidation sites excluding steroid dienone is 6. The Hall–Kier alpha value is -4.86. The molecular weight excluding hydrogens is 516 g/mol. The van der Waals surface area contributed by atoms with Crippen molar-refractivity contribution in [1.29, 1.82) is 0 Å². The Morgan fingerprint density at radius 1 is 1.05 bits per heavy atom. The molecule has 0 aromatic heterocycles. The number of methoxy groups -OCH3 is 1. The Labute approximate surface area is 228 Å². The lowest BCUT2D eigenvalue weighted by molar-refractivity contribution is -0.384. The van der Waals surface area contributed by atoms with Gasteiger partial charge < -0.3 is 9.84 Å². The quantitative estimate of drug-likeness (QED) is 0.202. The number of ketones is 2. The number of amides is 2. The lowest BCUT2D eigenvalue weighted by atomic mass is 9.59. The van der Waals surface area contributed by atoms with Crippen molar-refractivity contribution in [3.63, 3.8) is 0 Å². The number of carbonyl (C=O) groups is 4. The molecule has 1 saturated heterocycles. The van der Waals surface area contributed by atoms with Gasteiger partial charge in [-0.25, -0.2) is 4.90 Å². The first kappa shape index (κ1) is 25.4. The minimum Gasteiger partial charge on any atom is -0.507 e. The van der Waals surface area contributed by atoms with Crippen LogP contribution in [0.25, 0.3) is 0 Å². The molecule has 0 saturated carbocycles. The second-order valence-electron chi connectivity index (χ2n) is 10.4. The van der Waals surface area contributed by atoms with E-state index in [9.17, 15) is 34.4 Å². The molecule has 10 heteroatoms. The van der Waals surface area contributed by atoms with Crippen LogP contribution in [0.5, 0.6) is 11.5 Å². The van der Waals surface area contributed by atoms with E-state index in [-0.39, 0.29) is 58.3 Å². The van der Waals surface area contributed by atoms with Crippen LogP contribution >= 0.6 is 0 Å². The number of benzene rings is 2. The first-order chi connectivity index (χ1) is 19.1. The third-order valence-corrected chi connectivity index (χ3v) is 8.41. The minimum atomic E-state index is -0.860. The second-order valence-corrected chi connectivity index (χ2v) is 10.4. The van der Waals surface area contributed by atoms with Gasteiger partial charge in [-0.3, -0.25) is 29.3 Å². The predicted molar refractivity (Wildman–Crippen MR) is 142 cm³/mol. The van der Waals surface area contributed by atoms with Crippen molar-refractivity contribution < 1.29 is 33.9 Å². The second kappa shape index (κ2) is 9.11. The zero-order valence-electron chi connectivity index (χ0n) is 21.6. The molecule has 4 atom stereocenters. The van der Waals surface area contributed by atoms with Gasteiger partial charge >= 0.3 is 0 Å². The lowest BCUT2D eigenvalue weighted by Gasteiger charge is -2.42. The summed E-state index contributed by atoms with van der Waals surface area (Å²) in [7, 11) is 1.44. The van der Waals surface area contributed by atoms with E-state index in [4.69, 9.17) is 4.74 Å². The van der Waals surface area contributed by atoms with E-state index in [0.29, 0.717) is 16.9 Å². The average Bonchev–Trinajstić information content (AvgIpc) is 3.20. The van der Waals surface area contributed by atoms with Gasteiger partial charge in [-0.05, 0) is 50.0 Å². The summed E-state index contributed by atoms with van der Waals surface area (Å²) in [4.78, 5) is 66.1. The van der Waals surface area contributed by atoms with Crippen molar-refractivity contribution in [2.75, 3.05) is 12.0 Å². The average molecular weight is 541 g/mol. The molecule has 2 aromatic carbocycles. The molecule has 3 aliphatic carbocycles. The molecule has 2 amide bonds. The van der Waals surface area contributed by atoms with Crippen molar-refractivity contribution in [3.8, 4) is 11.5 Å². The number of non-ortho nitro benzene ring substituents is 1. The molecule has 1 heterocycles. The van der Waals surface area contributed by atoms with Crippen molar-refractivity contribution in [2.45, 2.75) is 25.7 Å². The van der Waals surface area contributed by atoms with Crippen LogP contribution in [0.15, 0.2) is 76.9 Å². The zero-order chi connectivity index (χ0) is 28.5. The van der Waals surface area contributed by atoms with Crippen LogP contribution < -0.4 is 9.64 Å². The van der Waals surface area contributed by atoms with E-state index in [2.05, 4.69) is 0 Å². The van der Waals surface area contributed by atoms with Gasteiger partial charge in [-0.15, -0.1) is 0 Å². The molecule has 4 aliphatic rings. The minimum absolute atomic E-state index is 0.0757. The monoisotopic (exact) mass is 540 g/mol. The highest BCUT2D eigenvalue weighted by molar-refractivity contribution is 6.25. The smallest absolute Gasteiger partial charge is 0.271 e. The van der Waals surface area contributed by atoms with Gasteiger partial charge in [0.2, 0.25) is 11.8 Å². The summed E-state index contributed by atoms with van der Waals surface area (Å²) < 4.78 is 5.55. The molecule has 202 valence electrons. The molecule has 10 nitrogen and oxygen atoms in total. The topological polar surface area (TPSA) is 144 Å². The van der Waals surface area contributed by atoms with Crippen molar-refractivity contribution in [3.05, 3.63) is 92.6 Å². The highest BCUT2D eigenvalue weighted by atomic mass is 16.6. The fourth-order valence-corrected chi connectivity index (χ4v) is 6.71. The van der Waals surface area contributed by atoms with Gasteiger partial charge in [0.25, 0.3) is 5.69 Å². The first-order valence-electron chi connectivity index (χ1n) is 12.8. The molecule has 1 fully saturated rings. The van der Waals surface area contributed by atoms with Crippen LogP contribution in [0.4, 0.5) is 11.4 Å². The number of imide groups is 1. The number of nitro benzene ring substituents is 1. The van der Waals surface area contributed by atoms with E-state index in [0.717, 1.165) is 4.90 Å². The molecule has 0 bridgehead atoms. The van der Waals surface area contributed by atoms with E-state index < -0.39 is 40.4 Å². The van der Waals surface area contributed by atoms with E-state index >= 15 is 0 Å². The number of ether oxygens (including phenoxy) is 1. The Kier molecular flexibility index (Phi) is 5.79. The Morgan fingerprint density at radius 3 is 2.52 bits per heavy atom. The number of nitrogens with zero attached hydrogens (tertiary/aromatic N) is 2. The SMILES string of the molecule is COc1cccc(O)c1C1C2=CCC3C(=O)N(c4cccc([N+](=O)[O-])c4)C(=O)C3C2CC2=C1C(=O)C=C(C)C2=O. The van der Waals surface area contributed by atoms with Crippen LogP contribution in [0.1, 0.15) is 31.2 Å². The molecule has 6 rings (SSSR count). The molecule has 1 aliphatic heterocycles. The normalized spacial score (nSPS) is 25.7. The number of nitro groups is 1. The number of aromatic hydroxyl groups is 1. The van der Waals surface area contributed by atoms with Gasteiger partial charge in [0.15, 0.2) is 11.6 Å². The van der Waals surface area contributed by atoms with Crippen LogP contribution in [0, 0.1) is 27.9 Å². The predicted octanol–water partition coefficient (Wildman–Crippen LogP) is 3.94. The third-order valence-electron chi connectivity index (χ3n) is 8.41. The number of hydrogen-bond acceptors (Lipinski definition) is 8. The van der Waals surface area contributed by atoms with Crippen molar-refractivity contribution >= 4 is 34.8 Å². The summed E-state index contributed by atoms with van der Waals surface area (Å²) in [6, 6.07) is 10.1. The molecule has 0 radical (unpaired) electrons. The van der Waals surface area contributed by atoms with Gasteiger partial charge in [-0.2, -0.15) is 0 Å². The van der Waals surface area contributed by atoms with Crippen molar-refractivity contribution in [2.24, 2.45) is 17.8 Å². The summed E-state index contributed by atoms with van der Waals surface area (Å²) >= 11 is 0. The third kappa shape index (κ3) is 3.55. The number of anilines is 1. The molecule has 4 unspecified atom stereocenters. The number of phenols is 1. The van der Waals surface area contributed by atoms with Crippen LogP contribution in [0.3, 0.4) is 0 Å². The number of hydrogen-bond donors (Lipinski definition) is 1. The molecule has 40 heavy (non-hydrogen) atoms. The molecular formula is C30H24N2O8. The fraction of sp³-hybridized carbons (Fsp3) is 0.267. The summed E-state index contributed by atoms with van der Waals surface area (Å²) in [5.41, 5.74) is 1.61.